The number of benzene rings is 2. The average Bonchev–Trinajstić information content (AvgIpc) is 3.57. The molecule has 2 aromatic carbocycles. The van der Waals surface area contributed by atoms with Crippen molar-refractivity contribution in [3.63, 3.8) is 0 Å². The lowest BCUT2D eigenvalue weighted by atomic mass is 10.1. The van der Waals surface area contributed by atoms with Crippen LogP contribution >= 0.6 is 11.3 Å². The molecule has 4 aromatic rings. The van der Waals surface area contributed by atoms with Gasteiger partial charge in [-0.2, -0.15) is 5.10 Å². The highest BCUT2D eigenvalue weighted by molar-refractivity contribution is 7.12. The van der Waals surface area contributed by atoms with Crippen LogP contribution < -0.4 is 11.1 Å². The zero-order chi connectivity index (χ0) is 23.7. The van der Waals surface area contributed by atoms with Crippen molar-refractivity contribution >= 4 is 51.9 Å². The standard InChI is InChI=1S/C26H25N5O2S/c1-16-11-13-34-24(16)25(32)28-23-14-18(26(33)31-12-10-19(27)15-31)7-6-17(23)8-9-22-20-4-2-3-5-21(20)29-30-22/h2-9,11,13-14,19H,10,12,15,27H2,1H3,(H,28,32)(H,29,30)/b9-8+/t19-/m1/s1. The van der Waals surface area contributed by atoms with Gasteiger partial charge in [0.25, 0.3) is 11.8 Å². The average molecular weight is 472 g/mol. The van der Waals surface area contributed by atoms with Crippen LogP contribution in [0.5, 0.6) is 0 Å². The van der Waals surface area contributed by atoms with E-state index in [1.165, 1.54) is 11.3 Å². The number of aromatic nitrogens is 2. The van der Waals surface area contributed by atoms with Crippen molar-refractivity contribution in [2.45, 2.75) is 19.4 Å². The number of nitrogens with two attached hydrogens (primary N) is 1. The first-order chi connectivity index (χ1) is 16.5. The summed E-state index contributed by atoms with van der Waals surface area (Å²) in [5.41, 5.74) is 10.5. The van der Waals surface area contributed by atoms with Crippen molar-refractivity contribution in [2.75, 3.05) is 18.4 Å². The van der Waals surface area contributed by atoms with Gasteiger partial charge in [0.05, 0.1) is 16.1 Å². The Morgan fingerprint density at radius 2 is 2.06 bits per heavy atom. The molecule has 1 aliphatic rings. The van der Waals surface area contributed by atoms with E-state index in [1.54, 1.807) is 17.0 Å². The molecule has 2 amide bonds. The Bertz CT molecular complexity index is 1400. The minimum absolute atomic E-state index is 0.0100. The van der Waals surface area contributed by atoms with E-state index in [0.29, 0.717) is 29.2 Å². The predicted molar refractivity (Wildman–Crippen MR) is 137 cm³/mol. The van der Waals surface area contributed by atoms with Crippen molar-refractivity contribution in [2.24, 2.45) is 5.73 Å². The van der Waals surface area contributed by atoms with Gasteiger partial charge in [0.2, 0.25) is 0 Å². The van der Waals surface area contributed by atoms with Crippen LogP contribution in [-0.2, 0) is 0 Å². The summed E-state index contributed by atoms with van der Waals surface area (Å²) in [5.74, 6) is -0.273. The molecule has 1 fully saturated rings. The second-order valence-electron chi connectivity index (χ2n) is 8.48. The van der Waals surface area contributed by atoms with Crippen molar-refractivity contribution in [3.8, 4) is 0 Å². The monoisotopic (exact) mass is 471 g/mol. The molecule has 1 atom stereocenters. The molecule has 0 spiro atoms. The van der Waals surface area contributed by atoms with E-state index in [2.05, 4.69) is 15.5 Å². The number of aromatic amines is 1. The third-order valence-electron chi connectivity index (χ3n) is 6.05. The smallest absolute Gasteiger partial charge is 0.266 e. The van der Waals surface area contributed by atoms with Crippen molar-refractivity contribution in [1.82, 2.24) is 15.1 Å². The first-order valence-electron chi connectivity index (χ1n) is 11.1. The van der Waals surface area contributed by atoms with Gasteiger partial charge in [0, 0.05) is 35.8 Å². The molecular weight excluding hydrogens is 446 g/mol. The number of carbonyl (C=O) groups is 2. The van der Waals surface area contributed by atoms with Crippen LogP contribution in [0, 0.1) is 6.92 Å². The first kappa shape index (κ1) is 22.1. The highest BCUT2D eigenvalue weighted by Gasteiger charge is 2.25. The summed E-state index contributed by atoms with van der Waals surface area (Å²) in [6.07, 6.45) is 4.60. The number of rotatable bonds is 5. The largest absolute Gasteiger partial charge is 0.337 e. The lowest BCUT2D eigenvalue weighted by Crippen LogP contribution is -2.31. The molecule has 0 bridgehead atoms. The summed E-state index contributed by atoms with van der Waals surface area (Å²) in [7, 11) is 0. The van der Waals surface area contributed by atoms with Crippen LogP contribution in [0.25, 0.3) is 23.1 Å². The third-order valence-corrected chi connectivity index (χ3v) is 7.06. The number of H-pyrrole nitrogens is 1. The zero-order valence-electron chi connectivity index (χ0n) is 18.7. The number of hydrogen-bond acceptors (Lipinski definition) is 5. The number of carbonyl (C=O) groups excluding carboxylic acids is 2. The normalized spacial score (nSPS) is 15.9. The number of thiophene rings is 1. The molecule has 8 heteroatoms. The van der Waals surface area contributed by atoms with Crippen LogP contribution in [0.3, 0.4) is 0 Å². The van der Waals surface area contributed by atoms with Crippen LogP contribution in [0.2, 0.25) is 0 Å². The molecular formula is C26H25N5O2S. The van der Waals surface area contributed by atoms with Crippen molar-refractivity contribution in [1.29, 1.82) is 0 Å². The summed E-state index contributed by atoms with van der Waals surface area (Å²) in [6, 6.07) is 15.2. The molecule has 0 aliphatic carbocycles. The Kier molecular flexibility index (Phi) is 6.00. The Hall–Kier alpha value is -3.75. The van der Waals surface area contributed by atoms with E-state index in [-0.39, 0.29) is 17.9 Å². The number of para-hydroxylation sites is 1. The van der Waals surface area contributed by atoms with Gasteiger partial charge in [0.1, 0.15) is 0 Å². The molecule has 4 N–H and O–H groups in total. The van der Waals surface area contributed by atoms with Crippen molar-refractivity contribution in [3.05, 3.63) is 81.2 Å². The van der Waals surface area contributed by atoms with E-state index in [9.17, 15) is 9.59 Å². The molecule has 34 heavy (non-hydrogen) atoms. The number of nitrogens with one attached hydrogen (secondary N) is 2. The molecule has 5 rings (SSSR count). The van der Waals surface area contributed by atoms with Gasteiger partial charge in [-0.15, -0.1) is 11.3 Å². The molecule has 1 saturated heterocycles. The van der Waals surface area contributed by atoms with Crippen LogP contribution in [-0.4, -0.2) is 46.0 Å². The second-order valence-corrected chi connectivity index (χ2v) is 9.39. The Balaban J connectivity index is 1.48. The quantitative estimate of drug-likeness (QED) is 0.398. The number of nitrogens with zero attached hydrogens (tertiary/aromatic N) is 2. The summed E-state index contributed by atoms with van der Waals surface area (Å²) in [4.78, 5) is 28.4. The fourth-order valence-electron chi connectivity index (χ4n) is 4.16. The van der Waals surface area contributed by atoms with E-state index in [1.807, 2.05) is 60.9 Å². The Labute approximate surface area is 201 Å². The molecule has 0 unspecified atom stereocenters. The van der Waals surface area contributed by atoms with E-state index >= 15 is 0 Å². The number of amides is 2. The highest BCUT2D eigenvalue weighted by Crippen LogP contribution is 2.26. The van der Waals surface area contributed by atoms with Crippen LogP contribution in [0.15, 0.2) is 53.9 Å². The number of likely N-dealkylation sites (tertiary alicyclic amines) is 1. The highest BCUT2D eigenvalue weighted by atomic mass is 32.1. The molecule has 2 aromatic heterocycles. The zero-order valence-corrected chi connectivity index (χ0v) is 19.6. The van der Waals surface area contributed by atoms with Crippen LogP contribution in [0.1, 0.15) is 43.3 Å². The lowest BCUT2D eigenvalue weighted by molar-refractivity contribution is 0.0790. The van der Waals surface area contributed by atoms with Gasteiger partial charge in [-0.1, -0.05) is 30.3 Å². The summed E-state index contributed by atoms with van der Waals surface area (Å²) in [5, 5.41) is 13.3. The fourth-order valence-corrected chi connectivity index (χ4v) is 4.98. The number of aryl methyl sites for hydroxylation is 1. The Morgan fingerprint density at radius 3 is 2.82 bits per heavy atom. The predicted octanol–water partition coefficient (Wildman–Crippen LogP) is 4.53. The van der Waals surface area contributed by atoms with Gasteiger partial charge in [-0.05, 0) is 60.2 Å². The van der Waals surface area contributed by atoms with Gasteiger partial charge >= 0.3 is 0 Å². The lowest BCUT2D eigenvalue weighted by Gasteiger charge is -2.17. The molecule has 0 radical (unpaired) electrons. The fraction of sp³-hybridized carbons (Fsp3) is 0.192. The molecule has 172 valence electrons. The summed E-state index contributed by atoms with van der Waals surface area (Å²) < 4.78 is 0. The molecule has 3 heterocycles. The van der Waals surface area contributed by atoms with Gasteiger partial charge in [0.15, 0.2) is 0 Å². The number of anilines is 1. The van der Waals surface area contributed by atoms with Gasteiger partial charge in [-0.25, -0.2) is 0 Å². The maximum absolute atomic E-state index is 13.0. The van der Waals surface area contributed by atoms with Gasteiger partial charge < -0.3 is 16.0 Å². The summed E-state index contributed by atoms with van der Waals surface area (Å²) in [6.45, 7) is 3.10. The summed E-state index contributed by atoms with van der Waals surface area (Å²) >= 11 is 1.39. The topological polar surface area (TPSA) is 104 Å². The molecule has 1 aliphatic heterocycles. The number of fused-ring (bicyclic) bond motifs is 1. The maximum atomic E-state index is 13.0. The Morgan fingerprint density at radius 1 is 1.21 bits per heavy atom. The van der Waals surface area contributed by atoms with E-state index in [4.69, 9.17) is 5.73 Å². The van der Waals surface area contributed by atoms with Crippen molar-refractivity contribution < 1.29 is 9.59 Å². The van der Waals surface area contributed by atoms with E-state index < -0.39 is 0 Å². The SMILES string of the molecule is Cc1ccsc1C(=O)Nc1cc(C(=O)N2CC[C@@H](N)C2)ccc1/C=C/c1n[nH]c2ccccc12. The minimum atomic E-state index is -0.194. The van der Waals surface area contributed by atoms with E-state index in [0.717, 1.165) is 34.1 Å². The van der Waals surface area contributed by atoms with Crippen LogP contribution in [0.4, 0.5) is 5.69 Å². The third kappa shape index (κ3) is 4.37. The van der Waals surface area contributed by atoms with Gasteiger partial charge in [-0.3, -0.25) is 14.7 Å². The minimum Gasteiger partial charge on any atom is -0.337 e. The molecule has 7 nitrogen and oxygen atoms in total. The maximum Gasteiger partial charge on any atom is 0.266 e. The molecule has 0 saturated carbocycles. The second kappa shape index (κ2) is 9.24. The first-order valence-corrected chi connectivity index (χ1v) is 12.0. The number of hydrogen-bond donors (Lipinski definition) is 3.